The highest BCUT2D eigenvalue weighted by Gasteiger charge is 2.32. The van der Waals surface area contributed by atoms with Crippen molar-refractivity contribution in [1.29, 1.82) is 0 Å². The quantitative estimate of drug-likeness (QED) is 0.840. The van der Waals surface area contributed by atoms with Crippen molar-refractivity contribution in [3.05, 3.63) is 23.2 Å². The number of hydrogen-bond donors (Lipinski definition) is 1. The molecule has 2 heterocycles. The van der Waals surface area contributed by atoms with Crippen molar-refractivity contribution >= 4 is 11.6 Å². The summed E-state index contributed by atoms with van der Waals surface area (Å²) in [6.45, 7) is 1.45. The lowest BCUT2D eigenvalue weighted by Gasteiger charge is -2.29. The molecule has 0 amide bonds. The predicted octanol–water partition coefficient (Wildman–Crippen LogP) is 1.76. The standard InChI is InChI=1S/C10H13ClFN3/c11-8-6-14-9(15-7-8)5-10(12)1-3-13-4-2-10/h6-7,13H,1-5H2. The van der Waals surface area contributed by atoms with Gasteiger partial charge in [0.05, 0.1) is 5.02 Å². The van der Waals surface area contributed by atoms with E-state index in [9.17, 15) is 4.39 Å². The molecule has 3 nitrogen and oxygen atoms in total. The average molecular weight is 230 g/mol. The maximum atomic E-state index is 14.2. The van der Waals surface area contributed by atoms with Crippen molar-refractivity contribution in [2.24, 2.45) is 0 Å². The van der Waals surface area contributed by atoms with Crippen molar-refractivity contribution < 1.29 is 4.39 Å². The van der Waals surface area contributed by atoms with Crippen LogP contribution >= 0.6 is 11.6 Å². The minimum atomic E-state index is -1.15. The van der Waals surface area contributed by atoms with Gasteiger partial charge in [-0.05, 0) is 25.9 Å². The number of nitrogens with one attached hydrogen (secondary N) is 1. The van der Waals surface area contributed by atoms with Crippen LogP contribution in [0.3, 0.4) is 0 Å². The summed E-state index contributed by atoms with van der Waals surface area (Å²) < 4.78 is 14.2. The van der Waals surface area contributed by atoms with Gasteiger partial charge in [0.25, 0.3) is 0 Å². The fraction of sp³-hybridized carbons (Fsp3) is 0.600. The highest BCUT2D eigenvalue weighted by molar-refractivity contribution is 6.30. The molecule has 0 aromatic carbocycles. The van der Waals surface area contributed by atoms with E-state index in [0.29, 0.717) is 23.7 Å². The molecule has 1 aliphatic rings. The number of halogens is 2. The van der Waals surface area contributed by atoms with E-state index in [2.05, 4.69) is 15.3 Å². The first-order valence-corrected chi connectivity index (χ1v) is 5.42. The van der Waals surface area contributed by atoms with Crippen LogP contribution in [0.2, 0.25) is 5.02 Å². The van der Waals surface area contributed by atoms with Gasteiger partial charge in [-0.15, -0.1) is 0 Å². The maximum absolute atomic E-state index is 14.2. The van der Waals surface area contributed by atoms with Crippen molar-refractivity contribution in [1.82, 2.24) is 15.3 Å². The van der Waals surface area contributed by atoms with E-state index >= 15 is 0 Å². The van der Waals surface area contributed by atoms with Crippen LogP contribution in [-0.4, -0.2) is 28.7 Å². The van der Waals surface area contributed by atoms with Crippen LogP contribution in [0.5, 0.6) is 0 Å². The molecule has 1 saturated heterocycles. The highest BCUT2D eigenvalue weighted by Crippen LogP contribution is 2.26. The van der Waals surface area contributed by atoms with E-state index in [1.807, 2.05) is 0 Å². The Labute approximate surface area is 93.1 Å². The molecular weight excluding hydrogens is 217 g/mol. The van der Waals surface area contributed by atoms with Crippen molar-refractivity contribution in [2.45, 2.75) is 24.9 Å². The molecule has 82 valence electrons. The molecule has 1 aliphatic heterocycles. The molecule has 1 N–H and O–H groups in total. The van der Waals surface area contributed by atoms with Gasteiger partial charge in [-0.25, -0.2) is 14.4 Å². The Kier molecular flexibility index (Phi) is 3.17. The molecule has 0 aliphatic carbocycles. The van der Waals surface area contributed by atoms with Crippen LogP contribution in [0.1, 0.15) is 18.7 Å². The summed E-state index contributed by atoms with van der Waals surface area (Å²) in [5.74, 6) is 0.531. The third kappa shape index (κ3) is 2.86. The summed E-state index contributed by atoms with van der Waals surface area (Å²) in [6.07, 6.45) is 4.35. The summed E-state index contributed by atoms with van der Waals surface area (Å²) >= 11 is 5.66. The largest absolute Gasteiger partial charge is 0.316 e. The third-order valence-corrected chi connectivity index (χ3v) is 2.84. The van der Waals surface area contributed by atoms with Crippen LogP contribution < -0.4 is 5.32 Å². The SMILES string of the molecule is FC1(Cc2ncc(Cl)cn2)CCNCC1. The Bertz CT molecular complexity index is 322. The monoisotopic (exact) mass is 229 g/mol. The first kappa shape index (κ1) is 10.8. The van der Waals surface area contributed by atoms with Crippen molar-refractivity contribution in [2.75, 3.05) is 13.1 Å². The molecule has 1 aromatic heterocycles. The molecule has 0 unspecified atom stereocenters. The van der Waals surface area contributed by atoms with E-state index in [0.717, 1.165) is 13.1 Å². The first-order valence-electron chi connectivity index (χ1n) is 5.04. The lowest BCUT2D eigenvalue weighted by Crippen LogP contribution is -2.40. The fourth-order valence-corrected chi connectivity index (χ4v) is 1.86. The molecule has 0 spiro atoms. The van der Waals surface area contributed by atoms with E-state index < -0.39 is 5.67 Å². The van der Waals surface area contributed by atoms with E-state index in [4.69, 9.17) is 11.6 Å². The Morgan fingerprint density at radius 3 is 2.53 bits per heavy atom. The smallest absolute Gasteiger partial charge is 0.131 e. The molecular formula is C10H13ClFN3. The molecule has 0 saturated carbocycles. The van der Waals surface area contributed by atoms with Gasteiger partial charge >= 0.3 is 0 Å². The number of hydrogen-bond acceptors (Lipinski definition) is 3. The Hall–Kier alpha value is -0.740. The van der Waals surface area contributed by atoms with Crippen molar-refractivity contribution in [3.63, 3.8) is 0 Å². The molecule has 1 aromatic rings. The summed E-state index contributed by atoms with van der Waals surface area (Å²) in [5.41, 5.74) is -1.15. The van der Waals surface area contributed by atoms with Crippen LogP contribution in [0, 0.1) is 0 Å². The Morgan fingerprint density at radius 2 is 1.93 bits per heavy atom. The van der Waals surface area contributed by atoms with Gasteiger partial charge in [0.2, 0.25) is 0 Å². The van der Waals surface area contributed by atoms with Gasteiger partial charge in [-0.1, -0.05) is 11.6 Å². The lowest BCUT2D eigenvalue weighted by molar-refractivity contribution is 0.113. The van der Waals surface area contributed by atoms with Gasteiger partial charge < -0.3 is 5.32 Å². The normalized spacial score (nSPS) is 20.1. The molecule has 0 radical (unpaired) electrons. The van der Waals surface area contributed by atoms with Crippen LogP contribution in [0.25, 0.3) is 0 Å². The molecule has 15 heavy (non-hydrogen) atoms. The molecule has 0 atom stereocenters. The molecule has 0 bridgehead atoms. The predicted molar refractivity (Wildman–Crippen MR) is 56.7 cm³/mol. The number of nitrogens with zero attached hydrogens (tertiary/aromatic N) is 2. The van der Waals surface area contributed by atoms with Gasteiger partial charge in [0.1, 0.15) is 11.5 Å². The summed E-state index contributed by atoms with van der Waals surface area (Å²) in [6, 6.07) is 0. The first-order chi connectivity index (χ1) is 7.18. The Morgan fingerprint density at radius 1 is 1.33 bits per heavy atom. The minimum Gasteiger partial charge on any atom is -0.316 e. The topological polar surface area (TPSA) is 37.8 Å². The van der Waals surface area contributed by atoms with Gasteiger partial charge in [-0.2, -0.15) is 0 Å². The Balaban J connectivity index is 2.03. The number of piperidine rings is 1. The second kappa shape index (κ2) is 4.41. The molecule has 1 fully saturated rings. The maximum Gasteiger partial charge on any atom is 0.131 e. The zero-order valence-electron chi connectivity index (χ0n) is 8.34. The zero-order chi connectivity index (χ0) is 10.7. The molecule has 5 heteroatoms. The molecule has 2 rings (SSSR count). The van der Waals surface area contributed by atoms with Crippen LogP contribution in [0.4, 0.5) is 4.39 Å². The summed E-state index contributed by atoms with van der Waals surface area (Å²) in [5, 5.41) is 3.62. The third-order valence-electron chi connectivity index (χ3n) is 2.65. The number of rotatable bonds is 2. The number of alkyl halides is 1. The van der Waals surface area contributed by atoms with Crippen molar-refractivity contribution in [3.8, 4) is 0 Å². The average Bonchev–Trinajstić information content (AvgIpc) is 2.22. The van der Waals surface area contributed by atoms with Crippen LogP contribution in [0.15, 0.2) is 12.4 Å². The second-order valence-corrected chi connectivity index (χ2v) is 4.33. The zero-order valence-corrected chi connectivity index (χ0v) is 9.10. The fourth-order valence-electron chi connectivity index (χ4n) is 1.77. The van der Waals surface area contributed by atoms with E-state index in [-0.39, 0.29) is 6.42 Å². The van der Waals surface area contributed by atoms with E-state index in [1.54, 1.807) is 0 Å². The van der Waals surface area contributed by atoms with Gasteiger partial charge in [-0.3, -0.25) is 0 Å². The lowest BCUT2D eigenvalue weighted by atomic mass is 9.91. The second-order valence-electron chi connectivity index (χ2n) is 3.90. The van der Waals surface area contributed by atoms with Gasteiger partial charge in [0.15, 0.2) is 0 Å². The summed E-state index contributed by atoms with van der Waals surface area (Å²) in [7, 11) is 0. The van der Waals surface area contributed by atoms with Crippen LogP contribution in [-0.2, 0) is 6.42 Å². The number of aromatic nitrogens is 2. The van der Waals surface area contributed by atoms with E-state index in [1.165, 1.54) is 12.4 Å². The summed E-state index contributed by atoms with van der Waals surface area (Å²) in [4.78, 5) is 8.03. The van der Waals surface area contributed by atoms with Gasteiger partial charge in [0, 0.05) is 18.8 Å². The highest BCUT2D eigenvalue weighted by atomic mass is 35.5. The minimum absolute atomic E-state index is 0.284.